The first kappa shape index (κ1) is 22.1. The third-order valence-corrected chi connectivity index (χ3v) is 5.70. The van der Waals surface area contributed by atoms with E-state index < -0.39 is 16.0 Å². The molecule has 1 N–H and O–H groups in total. The summed E-state index contributed by atoms with van der Waals surface area (Å²) in [5, 5.41) is 12.5. The van der Waals surface area contributed by atoms with E-state index in [-0.39, 0.29) is 21.8 Å². The van der Waals surface area contributed by atoms with E-state index in [9.17, 15) is 18.5 Å². The number of nitrogens with zero attached hydrogens (tertiary/aromatic N) is 1. The number of para-hydroxylation sites is 1. The Labute approximate surface area is 185 Å². The van der Waals surface area contributed by atoms with E-state index in [2.05, 4.69) is 5.32 Å². The number of aryl methyl sites for hydroxylation is 1. The van der Waals surface area contributed by atoms with Gasteiger partial charge >= 0.3 is 10.1 Å². The minimum Gasteiger partial charge on any atom is -0.378 e. The minimum atomic E-state index is -4.14. The van der Waals surface area contributed by atoms with Crippen molar-refractivity contribution in [2.45, 2.75) is 11.8 Å². The van der Waals surface area contributed by atoms with Gasteiger partial charge in [-0.05, 0) is 55.5 Å². The Bertz CT molecular complexity index is 1280. The van der Waals surface area contributed by atoms with Crippen molar-refractivity contribution < 1.29 is 17.4 Å². The molecule has 156 valence electrons. The van der Waals surface area contributed by atoms with Crippen molar-refractivity contribution in [3.63, 3.8) is 0 Å². The fourth-order valence-corrected chi connectivity index (χ4v) is 3.66. The fraction of sp³-hybridized carbons (Fsp3) is 0.0435. The van der Waals surface area contributed by atoms with E-state index in [4.69, 9.17) is 15.8 Å². The van der Waals surface area contributed by atoms with Gasteiger partial charge in [-0.25, -0.2) is 0 Å². The number of halogens is 1. The van der Waals surface area contributed by atoms with Gasteiger partial charge in [-0.15, -0.1) is 0 Å². The van der Waals surface area contributed by atoms with Crippen molar-refractivity contribution in [3.8, 4) is 11.8 Å². The molecule has 0 aliphatic carbocycles. The van der Waals surface area contributed by atoms with Crippen molar-refractivity contribution in [2.24, 2.45) is 0 Å². The quantitative estimate of drug-likeness (QED) is 0.324. The lowest BCUT2D eigenvalue weighted by molar-refractivity contribution is -0.112. The summed E-state index contributed by atoms with van der Waals surface area (Å²) in [6.45, 7) is 1.92. The number of anilines is 1. The van der Waals surface area contributed by atoms with Crippen LogP contribution in [0, 0.1) is 18.3 Å². The van der Waals surface area contributed by atoms with Crippen LogP contribution in [0.15, 0.2) is 83.3 Å². The van der Waals surface area contributed by atoms with Crippen LogP contribution in [0.25, 0.3) is 6.08 Å². The maximum Gasteiger partial charge on any atom is 0.339 e. The summed E-state index contributed by atoms with van der Waals surface area (Å²) >= 11 is 5.80. The maximum atomic E-state index is 12.6. The molecule has 0 fully saturated rings. The van der Waals surface area contributed by atoms with Crippen LogP contribution in [-0.4, -0.2) is 14.3 Å². The highest BCUT2D eigenvalue weighted by atomic mass is 35.5. The minimum absolute atomic E-state index is 0.0201. The molecule has 3 aromatic carbocycles. The monoisotopic (exact) mass is 452 g/mol. The number of amides is 1. The number of benzene rings is 3. The Balaban J connectivity index is 1.88. The molecule has 0 saturated carbocycles. The van der Waals surface area contributed by atoms with Gasteiger partial charge in [-0.2, -0.15) is 13.7 Å². The van der Waals surface area contributed by atoms with Gasteiger partial charge in [0.2, 0.25) is 0 Å². The van der Waals surface area contributed by atoms with Crippen molar-refractivity contribution >= 4 is 39.4 Å². The summed E-state index contributed by atoms with van der Waals surface area (Å²) in [5.41, 5.74) is 1.62. The molecule has 0 aliphatic rings. The van der Waals surface area contributed by atoms with Gasteiger partial charge < -0.3 is 9.50 Å². The summed E-state index contributed by atoms with van der Waals surface area (Å²) in [7, 11) is -4.14. The molecular formula is C23H17ClN2O4S. The molecule has 0 bridgehead atoms. The van der Waals surface area contributed by atoms with Crippen LogP contribution in [0.2, 0.25) is 5.02 Å². The van der Waals surface area contributed by atoms with Gasteiger partial charge in [0.05, 0.1) is 0 Å². The average molecular weight is 453 g/mol. The van der Waals surface area contributed by atoms with E-state index in [1.54, 1.807) is 30.3 Å². The molecule has 31 heavy (non-hydrogen) atoms. The van der Waals surface area contributed by atoms with Crippen LogP contribution >= 0.6 is 11.6 Å². The third kappa shape index (κ3) is 5.72. The second-order valence-electron chi connectivity index (χ2n) is 6.52. The summed E-state index contributed by atoms with van der Waals surface area (Å²) in [4.78, 5) is 12.4. The van der Waals surface area contributed by atoms with Crippen LogP contribution < -0.4 is 9.50 Å². The highest BCUT2D eigenvalue weighted by molar-refractivity contribution is 7.87. The SMILES string of the molecule is Cc1ccc(NC(=O)/C(C#N)=C/c2ccccc2OS(=O)(=O)c2ccc(Cl)cc2)cc1. The lowest BCUT2D eigenvalue weighted by atomic mass is 10.1. The lowest BCUT2D eigenvalue weighted by Crippen LogP contribution is -2.14. The third-order valence-electron chi connectivity index (χ3n) is 4.20. The number of hydrogen-bond acceptors (Lipinski definition) is 5. The van der Waals surface area contributed by atoms with Crippen molar-refractivity contribution in [2.75, 3.05) is 5.32 Å². The second kappa shape index (κ2) is 9.47. The van der Waals surface area contributed by atoms with Crippen LogP contribution in [0.4, 0.5) is 5.69 Å². The zero-order chi connectivity index (χ0) is 22.4. The normalized spacial score (nSPS) is 11.5. The molecular weight excluding hydrogens is 436 g/mol. The molecule has 0 saturated heterocycles. The van der Waals surface area contributed by atoms with E-state index in [0.29, 0.717) is 10.7 Å². The lowest BCUT2D eigenvalue weighted by Gasteiger charge is -2.10. The Morgan fingerprint density at radius 1 is 1.03 bits per heavy atom. The number of rotatable bonds is 6. The molecule has 3 rings (SSSR count). The zero-order valence-corrected chi connectivity index (χ0v) is 17.9. The zero-order valence-electron chi connectivity index (χ0n) is 16.4. The van der Waals surface area contributed by atoms with Gasteiger partial charge in [0.15, 0.2) is 0 Å². The summed E-state index contributed by atoms with van der Waals surface area (Å²) in [6, 6.07) is 20.7. The van der Waals surface area contributed by atoms with Crippen LogP contribution in [-0.2, 0) is 14.9 Å². The predicted molar refractivity (Wildman–Crippen MR) is 119 cm³/mol. The number of carbonyl (C=O) groups excluding carboxylic acids is 1. The Morgan fingerprint density at radius 3 is 2.32 bits per heavy atom. The van der Waals surface area contributed by atoms with Crippen LogP contribution in [0.1, 0.15) is 11.1 Å². The van der Waals surface area contributed by atoms with Crippen molar-refractivity contribution in [1.82, 2.24) is 0 Å². The second-order valence-corrected chi connectivity index (χ2v) is 8.50. The maximum absolute atomic E-state index is 12.6. The van der Waals surface area contributed by atoms with Crippen molar-refractivity contribution in [3.05, 3.63) is 94.5 Å². The van der Waals surface area contributed by atoms with Gasteiger partial charge in [0.25, 0.3) is 5.91 Å². The fourth-order valence-electron chi connectivity index (χ4n) is 2.58. The first-order valence-electron chi connectivity index (χ1n) is 9.07. The Hall–Kier alpha value is -3.60. The van der Waals surface area contributed by atoms with Gasteiger partial charge in [-0.3, -0.25) is 4.79 Å². The van der Waals surface area contributed by atoms with Gasteiger partial charge in [0, 0.05) is 16.3 Å². The Morgan fingerprint density at radius 2 is 1.68 bits per heavy atom. The highest BCUT2D eigenvalue weighted by Gasteiger charge is 2.19. The molecule has 0 spiro atoms. The molecule has 0 aromatic heterocycles. The van der Waals surface area contributed by atoms with E-state index in [1.165, 1.54) is 36.4 Å². The number of hydrogen-bond donors (Lipinski definition) is 1. The smallest absolute Gasteiger partial charge is 0.339 e. The first-order chi connectivity index (χ1) is 14.8. The molecule has 0 atom stereocenters. The first-order valence-corrected chi connectivity index (χ1v) is 10.9. The molecule has 0 heterocycles. The summed E-state index contributed by atoms with van der Waals surface area (Å²) in [6.07, 6.45) is 1.27. The Kier molecular flexibility index (Phi) is 6.75. The summed E-state index contributed by atoms with van der Waals surface area (Å²) in [5.74, 6) is -0.643. The molecule has 3 aromatic rings. The van der Waals surface area contributed by atoms with Crippen molar-refractivity contribution in [1.29, 1.82) is 5.26 Å². The molecule has 1 amide bonds. The predicted octanol–water partition coefficient (Wildman–Crippen LogP) is 4.96. The number of nitrogens with one attached hydrogen (secondary N) is 1. The number of nitriles is 1. The molecule has 6 nitrogen and oxygen atoms in total. The average Bonchev–Trinajstić information content (AvgIpc) is 2.74. The van der Waals surface area contributed by atoms with E-state index >= 15 is 0 Å². The standard InChI is InChI=1S/C23H17ClN2O4S/c1-16-6-10-20(11-7-16)26-23(27)18(15-25)14-17-4-2-3-5-22(17)30-31(28,29)21-12-8-19(24)9-13-21/h2-14H,1H3,(H,26,27)/b18-14+. The number of carbonyl (C=O) groups is 1. The molecule has 8 heteroatoms. The summed E-state index contributed by atoms with van der Waals surface area (Å²) < 4.78 is 30.4. The molecule has 0 aliphatic heterocycles. The molecule has 0 unspecified atom stereocenters. The topological polar surface area (TPSA) is 96.3 Å². The van der Waals surface area contributed by atoms with Crippen LogP contribution in [0.5, 0.6) is 5.75 Å². The largest absolute Gasteiger partial charge is 0.378 e. The molecule has 0 radical (unpaired) electrons. The van der Waals surface area contributed by atoms with Crippen LogP contribution in [0.3, 0.4) is 0 Å². The van der Waals surface area contributed by atoms with E-state index in [1.807, 2.05) is 25.1 Å². The van der Waals surface area contributed by atoms with E-state index in [0.717, 1.165) is 5.56 Å². The van der Waals surface area contributed by atoms with Gasteiger partial charge in [0.1, 0.15) is 22.3 Å². The highest BCUT2D eigenvalue weighted by Crippen LogP contribution is 2.26. The van der Waals surface area contributed by atoms with Gasteiger partial charge in [-0.1, -0.05) is 47.5 Å².